The van der Waals surface area contributed by atoms with E-state index in [0.29, 0.717) is 30.4 Å². The molecule has 7 nitrogen and oxygen atoms in total. The van der Waals surface area contributed by atoms with Crippen molar-refractivity contribution in [2.45, 2.75) is 32.8 Å². The standard InChI is InChI=1S/C14H19N5O2S/c1-3-4-12-16-13(18-17-12)10-8-19(5-6-21-10)14(20)11-7-15-9(2)22-11/h7,10H,3-6,8H2,1-2H3,(H,16,17,18)/t10-/m1/s1. The minimum Gasteiger partial charge on any atom is -0.366 e. The molecule has 1 saturated heterocycles. The summed E-state index contributed by atoms with van der Waals surface area (Å²) in [5, 5.41) is 8.05. The maximum atomic E-state index is 12.5. The van der Waals surface area contributed by atoms with E-state index in [1.807, 2.05) is 6.92 Å². The zero-order chi connectivity index (χ0) is 15.5. The molecule has 8 heteroatoms. The van der Waals surface area contributed by atoms with E-state index in [1.165, 1.54) is 11.3 Å². The van der Waals surface area contributed by atoms with Crippen molar-refractivity contribution < 1.29 is 9.53 Å². The number of hydrogen-bond donors (Lipinski definition) is 1. The highest BCUT2D eigenvalue weighted by atomic mass is 32.1. The topological polar surface area (TPSA) is 84.0 Å². The molecular weight excluding hydrogens is 302 g/mol. The van der Waals surface area contributed by atoms with Crippen LogP contribution in [0.4, 0.5) is 0 Å². The average molecular weight is 321 g/mol. The van der Waals surface area contributed by atoms with Gasteiger partial charge < -0.3 is 9.64 Å². The first kappa shape index (κ1) is 15.1. The van der Waals surface area contributed by atoms with Crippen LogP contribution in [0.1, 0.15) is 45.8 Å². The molecule has 0 saturated carbocycles. The Morgan fingerprint density at radius 3 is 3.18 bits per heavy atom. The third-order valence-corrected chi connectivity index (χ3v) is 4.41. The fourth-order valence-electron chi connectivity index (χ4n) is 2.41. The maximum absolute atomic E-state index is 12.5. The number of rotatable bonds is 4. The lowest BCUT2D eigenvalue weighted by Crippen LogP contribution is -2.42. The number of morpholine rings is 1. The second-order valence-electron chi connectivity index (χ2n) is 5.24. The first-order chi connectivity index (χ1) is 10.7. The molecule has 0 unspecified atom stereocenters. The molecule has 1 aliphatic heterocycles. The van der Waals surface area contributed by atoms with Crippen LogP contribution in [-0.4, -0.2) is 50.7 Å². The lowest BCUT2D eigenvalue weighted by atomic mass is 10.2. The first-order valence-electron chi connectivity index (χ1n) is 7.42. The summed E-state index contributed by atoms with van der Waals surface area (Å²) in [6, 6.07) is 0. The van der Waals surface area contributed by atoms with Crippen LogP contribution >= 0.6 is 11.3 Å². The van der Waals surface area contributed by atoms with Crippen LogP contribution in [0.25, 0.3) is 0 Å². The van der Waals surface area contributed by atoms with Gasteiger partial charge in [-0.3, -0.25) is 9.89 Å². The molecule has 1 amide bonds. The summed E-state index contributed by atoms with van der Waals surface area (Å²) in [5.41, 5.74) is 0. The Balaban J connectivity index is 1.69. The second kappa shape index (κ2) is 6.53. The monoisotopic (exact) mass is 321 g/mol. The third kappa shape index (κ3) is 3.17. The van der Waals surface area contributed by atoms with Gasteiger partial charge in [-0.15, -0.1) is 11.3 Å². The van der Waals surface area contributed by atoms with Crippen molar-refractivity contribution >= 4 is 17.2 Å². The second-order valence-corrected chi connectivity index (χ2v) is 6.48. The zero-order valence-corrected chi connectivity index (χ0v) is 13.5. The smallest absolute Gasteiger partial charge is 0.265 e. The van der Waals surface area contributed by atoms with Crippen LogP contribution in [-0.2, 0) is 11.2 Å². The molecule has 1 fully saturated rings. The van der Waals surface area contributed by atoms with Gasteiger partial charge in [-0.2, -0.15) is 5.10 Å². The van der Waals surface area contributed by atoms with Gasteiger partial charge in [0.25, 0.3) is 5.91 Å². The summed E-state index contributed by atoms with van der Waals surface area (Å²) in [6.45, 7) is 5.53. The summed E-state index contributed by atoms with van der Waals surface area (Å²) in [6.07, 6.45) is 3.24. The van der Waals surface area contributed by atoms with Crippen LogP contribution in [0.3, 0.4) is 0 Å². The van der Waals surface area contributed by atoms with Crippen LogP contribution in [0.5, 0.6) is 0 Å². The minimum atomic E-state index is -0.270. The Labute approximate surface area is 132 Å². The Morgan fingerprint density at radius 1 is 1.59 bits per heavy atom. The fraction of sp³-hybridized carbons (Fsp3) is 0.571. The van der Waals surface area contributed by atoms with Gasteiger partial charge in [0.1, 0.15) is 16.8 Å². The molecule has 2 aromatic rings. The van der Waals surface area contributed by atoms with E-state index in [1.54, 1.807) is 11.1 Å². The number of thiazole rings is 1. The summed E-state index contributed by atoms with van der Waals surface area (Å²) in [5.74, 6) is 1.49. The number of aromatic amines is 1. The van der Waals surface area contributed by atoms with Crippen molar-refractivity contribution in [2.24, 2.45) is 0 Å². The molecule has 118 valence electrons. The molecule has 22 heavy (non-hydrogen) atoms. The highest BCUT2D eigenvalue weighted by molar-refractivity contribution is 7.13. The zero-order valence-electron chi connectivity index (χ0n) is 12.7. The van der Waals surface area contributed by atoms with Crippen LogP contribution in [0.15, 0.2) is 6.20 Å². The predicted molar refractivity (Wildman–Crippen MR) is 81.8 cm³/mol. The van der Waals surface area contributed by atoms with E-state index >= 15 is 0 Å². The number of nitrogens with zero attached hydrogens (tertiary/aromatic N) is 4. The Morgan fingerprint density at radius 2 is 2.45 bits per heavy atom. The first-order valence-corrected chi connectivity index (χ1v) is 8.23. The number of carbonyl (C=O) groups excluding carboxylic acids is 1. The van der Waals surface area contributed by atoms with E-state index in [4.69, 9.17) is 4.74 Å². The predicted octanol–water partition coefficient (Wildman–Crippen LogP) is 1.74. The quantitative estimate of drug-likeness (QED) is 0.927. The molecule has 0 spiro atoms. The van der Waals surface area contributed by atoms with Gasteiger partial charge in [0, 0.05) is 13.0 Å². The molecule has 0 radical (unpaired) electrons. The van der Waals surface area contributed by atoms with Gasteiger partial charge in [-0.25, -0.2) is 9.97 Å². The minimum absolute atomic E-state index is 0.00298. The summed E-state index contributed by atoms with van der Waals surface area (Å²) >= 11 is 1.42. The molecule has 0 aliphatic carbocycles. The van der Waals surface area contributed by atoms with Gasteiger partial charge in [0.15, 0.2) is 5.82 Å². The number of aryl methyl sites for hydroxylation is 2. The molecule has 3 heterocycles. The number of nitrogens with one attached hydrogen (secondary N) is 1. The Kier molecular flexibility index (Phi) is 4.49. The number of carbonyl (C=O) groups is 1. The molecule has 3 rings (SSSR count). The number of amides is 1. The fourth-order valence-corrected chi connectivity index (χ4v) is 3.15. The third-order valence-electron chi connectivity index (χ3n) is 3.51. The lowest BCUT2D eigenvalue weighted by Gasteiger charge is -2.31. The van der Waals surface area contributed by atoms with Crippen molar-refractivity contribution in [3.63, 3.8) is 0 Å². The van der Waals surface area contributed by atoms with Crippen LogP contribution < -0.4 is 0 Å². The normalized spacial score (nSPS) is 18.6. The largest absolute Gasteiger partial charge is 0.366 e. The maximum Gasteiger partial charge on any atom is 0.265 e. The van der Waals surface area contributed by atoms with E-state index in [-0.39, 0.29) is 12.0 Å². The van der Waals surface area contributed by atoms with E-state index in [2.05, 4.69) is 27.1 Å². The van der Waals surface area contributed by atoms with Gasteiger partial charge in [0.2, 0.25) is 0 Å². The van der Waals surface area contributed by atoms with Crippen molar-refractivity contribution in [2.75, 3.05) is 19.7 Å². The van der Waals surface area contributed by atoms with Crippen molar-refractivity contribution in [3.8, 4) is 0 Å². The number of ether oxygens (including phenoxy) is 1. The van der Waals surface area contributed by atoms with Crippen molar-refractivity contribution in [1.82, 2.24) is 25.1 Å². The summed E-state index contributed by atoms with van der Waals surface area (Å²) < 4.78 is 5.73. The average Bonchev–Trinajstić information content (AvgIpc) is 3.16. The summed E-state index contributed by atoms with van der Waals surface area (Å²) in [7, 11) is 0. The van der Waals surface area contributed by atoms with Gasteiger partial charge >= 0.3 is 0 Å². The lowest BCUT2D eigenvalue weighted by molar-refractivity contribution is -0.0265. The highest BCUT2D eigenvalue weighted by Crippen LogP contribution is 2.22. The van der Waals surface area contributed by atoms with Crippen molar-refractivity contribution in [1.29, 1.82) is 0 Å². The Hall–Kier alpha value is -1.80. The van der Waals surface area contributed by atoms with Crippen LogP contribution in [0.2, 0.25) is 0 Å². The number of H-pyrrole nitrogens is 1. The number of hydrogen-bond acceptors (Lipinski definition) is 6. The van der Waals surface area contributed by atoms with Gasteiger partial charge in [-0.05, 0) is 13.3 Å². The molecule has 0 aromatic carbocycles. The molecular formula is C14H19N5O2S. The van der Waals surface area contributed by atoms with Gasteiger partial charge in [0.05, 0.1) is 24.4 Å². The summed E-state index contributed by atoms with van der Waals surface area (Å²) in [4.78, 5) is 23.5. The van der Waals surface area contributed by atoms with Crippen molar-refractivity contribution in [3.05, 3.63) is 27.7 Å². The van der Waals surface area contributed by atoms with E-state index in [9.17, 15) is 4.79 Å². The van der Waals surface area contributed by atoms with Crippen LogP contribution in [0, 0.1) is 6.92 Å². The molecule has 0 bridgehead atoms. The van der Waals surface area contributed by atoms with E-state index in [0.717, 1.165) is 23.7 Å². The SMILES string of the molecule is CCCc1nc([C@H]2CN(C(=O)c3cnc(C)s3)CCO2)n[nH]1. The molecule has 1 aliphatic rings. The van der Waals surface area contributed by atoms with Gasteiger partial charge in [-0.1, -0.05) is 6.92 Å². The highest BCUT2D eigenvalue weighted by Gasteiger charge is 2.29. The number of aromatic nitrogens is 4. The van der Waals surface area contributed by atoms with E-state index < -0.39 is 0 Å². The molecule has 1 atom stereocenters. The molecule has 1 N–H and O–H groups in total. The Bertz CT molecular complexity index is 653. The molecule has 2 aromatic heterocycles.